The van der Waals surface area contributed by atoms with Crippen LogP contribution in [0.25, 0.3) is 0 Å². The van der Waals surface area contributed by atoms with E-state index in [2.05, 4.69) is 0 Å². The number of hydrogen-bond acceptors (Lipinski definition) is 4. The van der Waals surface area contributed by atoms with Crippen molar-refractivity contribution in [1.29, 1.82) is 0 Å². The van der Waals surface area contributed by atoms with Gasteiger partial charge in [0.25, 0.3) is 0 Å². The molecule has 0 amide bonds. The number of Topliss-reactive ketones (excluding diaryl/α,β-unsaturated/α-hetero) is 1. The molecule has 0 N–H and O–H groups in total. The van der Waals surface area contributed by atoms with E-state index in [-0.39, 0.29) is 15.6 Å². The zero-order valence-electron chi connectivity index (χ0n) is 14.8. The minimum absolute atomic E-state index is 0.126. The maximum absolute atomic E-state index is 13.0. The second kappa shape index (κ2) is 9.91. The normalized spacial score (nSPS) is 11.9. The molecule has 2 aromatic carbocycles. The number of hydrogen-bond donors (Lipinski definition) is 0. The maximum Gasteiger partial charge on any atom is 0.321 e. The third-order valence-electron chi connectivity index (χ3n) is 3.25. The second-order valence-electron chi connectivity index (χ2n) is 6.34. The fourth-order valence-corrected chi connectivity index (χ4v) is 2.86. The van der Waals surface area contributed by atoms with Crippen LogP contribution in [0.1, 0.15) is 42.6 Å². The van der Waals surface area contributed by atoms with Crippen LogP contribution in [0.4, 0.5) is 0 Å². The summed E-state index contributed by atoms with van der Waals surface area (Å²) in [4.78, 5) is 25.7. The largest absolute Gasteiger partial charge is 0.459 e. The molecule has 2 rings (SSSR count). The van der Waals surface area contributed by atoms with E-state index in [1.54, 1.807) is 63.2 Å². The van der Waals surface area contributed by atoms with Gasteiger partial charge in [-0.25, -0.2) is 0 Å². The summed E-state index contributed by atoms with van der Waals surface area (Å²) in [6, 6.07) is 13.5. The maximum atomic E-state index is 13.0. The van der Waals surface area contributed by atoms with E-state index in [9.17, 15) is 9.59 Å². The molecular formula is C19H21Cl2O4P. The number of carbonyl (C=O) groups is 2. The number of ketones is 1. The van der Waals surface area contributed by atoms with Gasteiger partial charge in [-0.2, -0.15) is 0 Å². The van der Waals surface area contributed by atoms with E-state index >= 15 is 0 Å². The van der Waals surface area contributed by atoms with Crippen LogP contribution >= 0.6 is 32.3 Å². The minimum atomic E-state index is -1.12. The first-order valence-electron chi connectivity index (χ1n) is 7.75. The molecule has 2 unspecified atom stereocenters. The molecule has 0 spiro atoms. The van der Waals surface area contributed by atoms with Gasteiger partial charge in [-0.15, -0.1) is 0 Å². The third kappa shape index (κ3) is 5.98. The van der Waals surface area contributed by atoms with Gasteiger partial charge in [-0.05, 0) is 38.5 Å². The van der Waals surface area contributed by atoms with Gasteiger partial charge in [0, 0.05) is 0 Å². The molecule has 0 saturated carbocycles. The molecule has 0 aliphatic heterocycles. The summed E-state index contributed by atoms with van der Waals surface area (Å²) in [7, 11) is 0.611. The first-order valence-corrected chi connectivity index (χ1v) is 9.09. The number of benzene rings is 2. The quantitative estimate of drug-likeness (QED) is 0.297. The van der Waals surface area contributed by atoms with E-state index in [0.717, 1.165) is 0 Å². The average Bonchev–Trinajstić information content (AvgIpc) is 2.56. The molecule has 4 nitrogen and oxygen atoms in total. The van der Waals surface area contributed by atoms with Gasteiger partial charge in [-0.3, -0.25) is 9.59 Å². The van der Waals surface area contributed by atoms with Gasteiger partial charge in [-0.1, -0.05) is 59.6 Å². The minimum Gasteiger partial charge on any atom is -0.459 e. The highest BCUT2D eigenvalue weighted by Crippen LogP contribution is 2.32. The van der Waals surface area contributed by atoms with Crippen LogP contribution in [0, 0.1) is 0 Å². The van der Waals surface area contributed by atoms with E-state index in [1.807, 2.05) is 6.07 Å². The smallest absolute Gasteiger partial charge is 0.321 e. The Balaban J connectivity index is 0.00000163. The Bertz CT molecular complexity index is 753. The third-order valence-corrected chi connectivity index (χ3v) is 3.88. The van der Waals surface area contributed by atoms with Crippen molar-refractivity contribution in [2.45, 2.75) is 32.3 Å². The van der Waals surface area contributed by atoms with E-state index in [4.69, 9.17) is 32.5 Å². The molecule has 2 aromatic rings. The van der Waals surface area contributed by atoms with Crippen LogP contribution in [-0.4, -0.2) is 17.4 Å². The van der Waals surface area contributed by atoms with Crippen molar-refractivity contribution in [1.82, 2.24) is 0 Å². The highest BCUT2D eigenvalue weighted by atomic mass is 35.5. The standard InChI is InChI=1S/C19H18Cl2O3.H3OP/c1-19(2,3)24-18(23)15(12-8-5-4-6-9-12)17(22)16-13(20)10-7-11-14(16)21;1-2/h4-11,15H,1-3H3;2H3. The van der Waals surface area contributed by atoms with Gasteiger partial charge >= 0.3 is 5.97 Å². The van der Waals surface area contributed by atoms with Gasteiger partial charge in [0.2, 0.25) is 0 Å². The van der Waals surface area contributed by atoms with Crippen molar-refractivity contribution < 1.29 is 18.9 Å². The molecule has 2 atom stereocenters. The lowest BCUT2D eigenvalue weighted by Crippen LogP contribution is -2.31. The monoisotopic (exact) mass is 414 g/mol. The highest BCUT2D eigenvalue weighted by molar-refractivity contribution is 7.00. The first-order chi connectivity index (χ1) is 12.2. The van der Waals surface area contributed by atoms with Gasteiger partial charge in [0.1, 0.15) is 11.5 Å². The fourth-order valence-electron chi connectivity index (χ4n) is 2.28. The van der Waals surface area contributed by atoms with Gasteiger partial charge in [0.05, 0.1) is 24.7 Å². The SMILES string of the molecule is CC(C)(C)OC(=O)C(C(=O)c1c(Cl)cccc1Cl)c1ccccc1.O=[PH3]. The second-order valence-corrected chi connectivity index (χ2v) is 7.15. The topological polar surface area (TPSA) is 60.4 Å². The van der Waals surface area contributed by atoms with Crippen LogP contribution in [0.5, 0.6) is 0 Å². The van der Waals surface area contributed by atoms with Crippen molar-refractivity contribution in [2.24, 2.45) is 0 Å². The predicted molar refractivity (Wildman–Crippen MR) is 108 cm³/mol. The van der Waals surface area contributed by atoms with Gasteiger partial charge in [0.15, 0.2) is 5.78 Å². The summed E-state index contributed by atoms with van der Waals surface area (Å²) in [5, 5.41) is 0.411. The summed E-state index contributed by atoms with van der Waals surface area (Å²) < 4.78 is 13.7. The summed E-state index contributed by atoms with van der Waals surface area (Å²) in [5.74, 6) is -2.23. The van der Waals surface area contributed by atoms with Crippen molar-refractivity contribution >= 4 is 44.1 Å². The number of carbonyl (C=O) groups excluding carboxylic acids is 2. The lowest BCUT2D eigenvalue weighted by molar-refractivity contribution is -0.155. The van der Waals surface area contributed by atoms with Crippen LogP contribution in [0.2, 0.25) is 10.0 Å². The lowest BCUT2D eigenvalue weighted by atomic mass is 9.90. The molecule has 0 fully saturated rings. The molecule has 0 bridgehead atoms. The molecule has 0 radical (unpaired) electrons. The predicted octanol–water partition coefficient (Wildman–Crippen LogP) is 5.24. The molecule has 140 valence electrons. The van der Waals surface area contributed by atoms with Crippen molar-refractivity contribution in [3.05, 3.63) is 69.7 Å². The first kappa shape index (κ1) is 22.4. The molecule has 0 heterocycles. The Hall–Kier alpha value is -1.61. The van der Waals surface area contributed by atoms with E-state index in [1.165, 1.54) is 0 Å². The van der Waals surface area contributed by atoms with Crippen LogP contribution in [0.3, 0.4) is 0 Å². The zero-order valence-corrected chi connectivity index (χ0v) is 17.7. The molecule has 0 saturated heterocycles. The van der Waals surface area contributed by atoms with Crippen molar-refractivity contribution in [3.8, 4) is 0 Å². The number of rotatable bonds is 4. The van der Waals surface area contributed by atoms with Crippen LogP contribution in [-0.2, 0) is 14.1 Å². The molecule has 0 aromatic heterocycles. The summed E-state index contributed by atoms with van der Waals surface area (Å²) >= 11 is 12.3. The number of ether oxygens (including phenoxy) is 1. The number of esters is 1. The Morgan fingerprint density at radius 3 is 1.88 bits per heavy atom. The van der Waals surface area contributed by atoms with E-state index < -0.39 is 23.3 Å². The average molecular weight is 415 g/mol. The Morgan fingerprint density at radius 2 is 1.42 bits per heavy atom. The Labute approximate surface area is 165 Å². The highest BCUT2D eigenvalue weighted by Gasteiger charge is 2.35. The van der Waals surface area contributed by atoms with Gasteiger partial charge < -0.3 is 9.30 Å². The summed E-state index contributed by atoms with van der Waals surface area (Å²) in [5.41, 5.74) is -0.0532. The van der Waals surface area contributed by atoms with Crippen LogP contribution in [0.15, 0.2) is 48.5 Å². The zero-order chi connectivity index (χ0) is 19.9. The van der Waals surface area contributed by atoms with Crippen LogP contribution < -0.4 is 0 Å². The van der Waals surface area contributed by atoms with Crippen molar-refractivity contribution in [3.63, 3.8) is 0 Å². The van der Waals surface area contributed by atoms with Crippen molar-refractivity contribution in [2.75, 3.05) is 0 Å². The molecule has 7 heteroatoms. The molecule has 0 aliphatic carbocycles. The summed E-state index contributed by atoms with van der Waals surface area (Å²) in [6.45, 7) is 5.25. The van der Waals surface area contributed by atoms with E-state index in [0.29, 0.717) is 14.7 Å². The lowest BCUT2D eigenvalue weighted by Gasteiger charge is -2.24. The Morgan fingerprint density at radius 1 is 0.923 bits per heavy atom. The fraction of sp³-hybridized carbons (Fsp3) is 0.263. The molecule has 26 heavy (non-hydrogen) atoms. The Kier molecular flexibility index (Phi) is 8.55. The molecule has 0 aliphatic rings. The number of halogens is 2. The molecular weight excluding hydrogens is 394 g/mol. The summed E-state index contributed by atoms with van der Waals surface area (Å²) in [6.07, 6.45) is 0.